The molecule has 1 saturated heterocycles. The monoisotopic (exact) mass is 356 g/mol. The quantitative estimate of drug-likeness (QED) is 0.638. The molecule has 5 heteroatoms. The van der Waals surface area contributed by atoms with Crippen LogP contribution in [0, 0.1) is 0 Å². The smallest absolute Gasteiger partial charge is 0.335 e. The summed E-state index contributed by atoms with van der Waals surface area (Å²) in [5.41, 5.74) is 0. The average Bonchev–Trinajstić information content (AvgIpc) is 3.36. The van der Waals surface area contributed by atoms with E-state index in [1.807, 2.05) is 36.4 Å². The molecule has 1 heterocycles. The maximum absolute atomic E-state index is 11.1. The molecular weight excluding hydrogens is 332 g/mol. The molecule has 1 aliphatic rings. The number of carbonyl (C=O) groups is 1. The summed E-state index contributed by atoms with van der Waals surface area (Å²) >= 11 is 0. The molecule has 0 bridgehead atoms. The van der Waals surface area contributed by atoms with Gasteiger partial charge in [-0.1, -0.05) is 81.4 Å². The molecule has 1 fully saturated rings. The van der Waals surface area contributed by atoms with Crippen LogP contribution in [0.25, 0.3) is 0 Å². The molecule has 25 heavy (non-hydrogen) atoms. The molecule has 2 aromatic carbocycles. The summed E-state index contributed by atoms with van der Waals surface area (Å²) in [6, 6.07) is 20.6. The lowest BCUT2D eigenvalue weighted by Crippen LogP contribution is -2.66. The summed E-state index contributed by atoms with van der Waals surface area (Å²) < 4.78 is 11.9. The van der Waals surface area contributed by atoms with Crippen molar-refractivity contribution in [1.29, 1.82) is 0 Å². The Morgan fingerprint density at radius 1 is 1.04 bits per heavy atom. The van der Waals surface area contributed by atoms with Crippen LogP contribution in [0.2, 0.25) is 5.04 Å². The van der Waals surface area contributed by atoms with E-state index in [0.717, 1.165) is 0 Å². The molecule has 3 rings (SSSR count). The van der Waals surface area contributed by atoms with Gasteiger partial charge in [-0.15, -0.1) is 0 Å². The van der Waals surface area contributed by atoms with Crippen molar-refractivity contribution in [2.75, 3.05) is 6.61 Å². The van der Waals surface area contributed by atoms with Gasteiger partial charge in [-0.2, -0.15) is 0 Å². The van der Waals surface area contributed by atoms with E-state index in [2.05, 4.69) is 45.0 Å². The van der Waals surface area contributed by atoms with Crippen LogP contribution < -0.4 is 10.4 Å². The highest BCUT2D eigenvalue weighted by atomic mass is 28.4. The summed E-state index contributed by atoms with van der Waals surface area (Å²) in [6.45, 7) is 6.88. The van der Waals surface area contributed by atoms with Crippen molar-refractivity contribution < 1.29 is 19.1 Å². The average molecular weight is 356 g/mol. The van der Waals surface area contributed by atoms with E-state index in [1.165, 1.54) is 10.4 Å². The second-order valence-electron chi connectivity index (χ2n) is 7.41. The Morgan fingerprint density at radius 3 is 1.88 bits per heavy atom. The molecule has 4 nitrogen and oxygen atoms in total. The topological polar surface area (TPSA) is 59.1 Å². The SMILES string of the molecule is CC(C)(C)[Si](OC[C@H]1O[C@@H]1C(=O)O)(c1ccccc1)c1ccccc1. The highest BCUT2D eigenvalue weighted by molar-refractivity contribution is 6.99. The maximum Gasteiger partial charge on any atom is 0.335 e. The molecule has 132 valence electrons. The van der Waals surface area contributed by atoms with E-state index in [0.29, 0.717) is 6.61 Å². The third kappa shape index (κ3) is 3.40. The summed E-state index contributed by atoms with van der Waals surface area (Å²) in [5.74, 6) is -0.920. The van der Waals surface area contributed by atoms with E-state index in [4.69, 9.17) is 14.3 Å². The number of benzene rings is 2. The second kappa shape index (κ2) is 6.75. The van der Waals surface area contributed by atoms with Gasteiger partial charge < -0.3 is 14.3 Å². The lowest BCUT2D eigenvalue weighted by atomic mass is 10.2. The Morgan fingerprint density at radius 2 is 1.52 bits per heavy atom. The molecule has 0 unspecified atom stereocenters. The Hall–Kier alpha value is -1.95. The first-order valence-corrected chi connectivity index (χ1v) is 10.4. The number of carboxylic acids is 1. The second-order valence-corrected chi connectivity index (χ2v) is 11.7. The van der Waals surface area contributed by atoms with Crippen molar-refractivity contribution in [2.45, 2.75) is 38.0 Å². The molecule has 0 radical (unpaired) electrons. The molecule has 2 atom stereocenters. The van der Waals surface area contributed by atoms with Crippen LogP contribution in [0.3, 0.4) is 0 Å². The first-order chi connectivity index (χ1) is 11.9. The molecule has 0 saturated carbocycles. The summed E-state index contributed by atoms with van der Waals surface area (Å²) in [4.78, 5) is 11.1. The van der Waals surface area contributed by atoms with Crippen LogP contribution in [0.5, 0.6) is 0 Å². The van der Waals surface area contributed by atoms with Crippen LogP contribution in [-0.2, 0) is 14.0 Å². The molecule has 2 aromatic rings. The number of ether oxygens (including phenoxy) is 1. The van der Waals surface area contributed by atoms with E-state index in [9.17, 15) is 4.79 Å². The highest BCUT2D eigenvalue weighted by Gasteiger charge is 2.53. The van der Waals surface area contributed by atoms with Crippen LogP contribution in [-0.4, -0.2) is 38.2 Å². The van der Waals surface area contributed by atoms with E-state index in [-0.39, 0.29) is 11.1 Å². The zero-order valence-electron chi connectivity index (χ0n) is 14.8. The molecule has 0 spiro atoms. The molecular formula is C20H24O4Si. The molecule has 0 amide bonds. The lowest BCUT2D eigenvalue weighted by molar-refractivity contribution is -0.138. The number of hydrogen-bond acceptors (Lipinski definition) is 3. The van der Waals surface area contributed by atoms with E-state index >= 15 is 0 Å². The third-order valence-corrected chi connectivity index (χ3v) is 9.71. The van der Waals surface area contributed by atoms with Crippen LogP contribution in [0.4, 0.5) is 0 Å². The Kier molecular flexibility index (Phi) is 4.82. The Labute approximate surface area is 149 Å². The molecule has 0 aromatic heterocycles. The molecule has 0 aliphatic carbocycles. The predicted octanol–water partition coefficient (Wildman–Crippen LogP) is 2.42. The largest absolute Gasteiger partial charge is 0.479 e. The summed E-state index contributed by atoms with van der Waals surface area (Å²) in [7, 11) is -2.61. The van der Waals surface area contributed by atoms with Crippen molar-refractivity contribution in [3.63, 3.8) is 0 Å². The minimum atomic E-state index is -2.61. The van der Waals surface area contributed by atoms with Crippen LogP contribution in [0.15, 0.2) is 60.7 Å². The van der Waals surface area contributed by atoms with Gasteiger partial charge in [-0.25, -0.2) is 4.79 Å². The Bertz CT molecular complexity index is 685. The van der Waals surface area contributed by atoms with Gasteiger partial charge in [0.25, 0.3) is 8.32 Å². The minimum Gasteiger partial charge on any atom is -0.479 e. The third-order valence-electron chi connectivity index (χ3n) is 4.71. The molecule has 1 N–H and O–H groups in total. The fourth-order valence-electron chi connectivity index (χ4n) is 3.46. The summed E-state index contributed by atoms with van der Waals surface area (Å²) in [6.07, 6.45) is -1.10. The van der Waals surface area contributed by atoms with Gasteiger partial charge >= 0.3 is 5.97 Å². The first-order valence-electron chi connectivity index (χ1n) is 8.49. The normalized spacial score (nSPS) is 20.3. The fourth-order valence-corrected chi connectivity index (χ4v) is 8.03. The van der Waals surface area contributed by atoms with E-state index in [1.54, 1.807) is 0 Å². The van der Waals surface area contributed by atoms with Gasteiger partial charge in [0.2, 0.25) is 0 Å². The van der Waals surface area contributed by atoms with Crippen molar-refractivity contribution in [3.8, 4) is 0 Å². The fraction of sp³-hybridized carbons (Fsp3) is 0.350. The predicted molar refractivity (Wildman–Crippen MR) is 99.9 cm³/mol. The number of aliphatic carboxylic acids is 1. The van der Waals surface area contributed by atoms with E-state index < -0.39 is 20.4 Å². The Balaban J connectivity index is 2.02. The van der Waals surface area contributed by atoms with Crippen molar-refractivity contribution >= 4 is 24.7 Å². The standard InChI is InChI=1S/C20H24O4Si/c1-20(2,3)25(15-10-6-4-7-11-15,16-12-8-5-9-13-16)23-14-17-18(24-17)19(21)22/h4-13,17-18H,14H2,1-3H3,(H,21,22)/t17-,18+/m1/s1. The van der Waals surface area contributed by atoms with Gasteiger partial charge in [0, 0.05) is 0 Å². The highest BCUT2D eigenvalue weighted by Crippen LogP contribution is 2.37. The van der Waals surface area contributed by atoms with Gasteiger partial charge in [0.1, 0.15) is 6.10 Å². The van der Waals surface area contributed by atoms with Crippen molar-refractivity contribution in [2.24, 2.45) is 0 Å². The van der Waals surface area contributed by atoms with Crippen molar-refractivity contribution in [1.82, 2.24) is 0 Å². The zero-order valence-corrected chi connectivity index (χ0v) is 15.8. The van der Waals surface area contributed by atoms with Gasteiger partial charge in [0.05, 0.1) is 6.61 Å². The number of carboxylic acid groups (broad SMARTS) is 1. The number of epoxide rings is 1. The van der Waals surface area contributed by atoms with Crippen LogP contribution in [0.1, 0.15) is 20.8 Å². The van der Waals surface area contributed by atoms with Gasteiger partial charge in [-0.05, 0) is 15.4 Å². The van der Waals surface area contributed by atoms with Crippen molar-refractivity contribution in [3.05, 3.63) is 60.7 Å². The molecule has 1 aliphatic heterocycles. The summed E-state index contributed by atoms with van der Waals surface area (Å²) in [5, 5.41) is 11.3. The zero-order chi connectivity index (χ0) is 18.1. The van der Waals surface area contributed by atoms with Gasteiger partial charge in [0.15, 0.2) is 6.10 Å². The van der Waals surface area contributed by atoms with Crippen LogP contribution >= 0.6 is 0 Å². The maximum atomic E-state index is 11.1. The lowest BCUT2D eigenvalue weighted by Gasteiger charge is -2.43. The number of rotatable bonds is 6. The minimum absolute atomic E-state index is 0.122. The number of hydrogen-bond donors (Lipinski definition) is 1. The first kappa shape index (κ1) is 17.9. The van der Waals surface area contributed by atoms with Gasteiger partial charge in [-0.3, -0.25) is 0 Å².